The lowest BCUT2D eigenvalue weighted by atomic mass is 9.92. The van der Waals surface area contributed by atoms with E-state index in [4.69, 9.17) is 11.6 Å². The van der Waals surface area contributed by atoms with Crippen LogP contribution in [0, 0.1) is 3.57 Å². The SMILES string of the molecule is CCC1CNC(C)(CC)CN1c1ccc(Cl)cc1I. The van der Waals surface area contributed by atoms with Crippen LogP contribution in [0.1, 0.15) is 33.6 Å². The maximum atomic E-state index is 6.07. The van der Waals surface area contributed by atoms with Crippen LogP contribution in [0.5, 0.6) is 0 Å². The average Bonchev–Trinajstić information content (AvgIpc) is 2.39. The summed E-state index contributed by atoms with van der Waals surface area (Å²) < 4.78 is 1.24. The van der Waals surface area contributed by atoms with E-state index < -0.39 is 0 Å². The Hall–Kier alpha value is -0.000000000000000111. The van der Waals surface area contributed by atoms with Crippen molar-refractivity contribution in [1.82, 2.24) is 5.32 Å². The summed E-state index contributed by atoms with van der Waals surface area (Å²) in [7, 11) is 0. The minimum Gasteiger partial charge on any atom is -0.365 e. The van der Waals surface area contributed by atoms with Crippen molar-refractivity contribution in [2.45, 2.75) is 45.2 Å². The standard InChI is InChI=1S/C15H22ClIN2/c1-4-12-9-18-15(3,5-2)10-19(12)14-7-6-11(16)8-13(14)17/h6-8,12,18H,4-5,9-10H2,1-3H3. The van der Waals surface area contributed by atoms with Crippen molar-refractivity contribution >= 4 is 39.9 Å². The monoisotopic (exact) mass is 392 g/mol. The van der Waals surface area contributed by atoms with Crippen molar-refractivity contribution in [2.24, 2.45) is 0 Å². The van der Waals surface area contributed by atoms with Crippen LogP contribution < -0.4 is 10.2 Å². The number of hydrogen-bond donors (Lipinski definition) is 1. The molecule has 0 aromatic heterocycles. The second-order valence-electron chi connectivity index (χ2n) is 5.58. The van der Waals surface area contributed by atoms with Gasteiger partial charge in [-0.3, -0.25) is 0 Å². The highest BCUT2D eigenvalue weighted by molar-refractivity contribution is 14.1. The first-order valence-corrected chi connectivity index (χ1v) is 8.41. The normalized spacial score (nSPS) is 27.6. The Morgan fingerprint density at radius 3 is 2.79 bits per heavy atom. The molecule has 0 aliphatic carbocycles. The summed E-state index contributed by atoms with van der Waals surface area (Å²) in [5, 5.41) is 4.52. The lowest BCUT2D eigenvalue weighted by Gasteiger charge is -2.47. The summed E-state index contributed by atoms with van der Waals surface area (Å²) in [5.74, 6) is 0. The van der Waals surface area contributed by atoms with Gasteiger partial charge in [-0.2, -0.15) is 0 Å². The van der Waals surface area contributed by atoms with Crippen molar-refractivity contribution in [1.29, 1.82) is 0 Å². The molecule has 1 fully saturated rings. The second kappa shape index (κ2) is 6.19. The van der Waals surface area contributed by atoms with E-state index in [0.29, 0.717) is 6.04 Å². The van der Waals surface area contributed by atoms with Crippen LogP contribution in [0.3, 0.4) is 0 Å². The smallest absolute Gasteiger partial charge is 0.0506 e. The van der Waals surface area contributed by atoms with E-state index in [1.54, 1.807) is 0 Å². The third-order valence-corrected chi connectivity index (χ3v) is 5.29. The van der Waals surface area contributed by atoms with Crippen LogP contribution in [0.2, 0.25) is 5.02 Å². The van der Waals surface area contributed by atoms with Gasteiger partial charge in [-0.1, -0.05) is 25.4 Å². The molecule has 2 atom stereocenters. The molecule has 1 aliphatic rings. The molecule has 0 amide bonds. The van der Waals surface area contributed by atoms with Crippen molar-refractivity contribution in [3.8, 4) is 0 Å². The van der Waals surface area contributed by atoms with E-state index in [1.165, 1.54) is 9.26 Å². The van der Waals surface area contributed by atoms with E-state index in [1.807, 2.05) is 6.07 Å². The second-order valence-corrected chi connectivity index (χ2v) is 7.18. The Labute approximate surface area is 135 Å². The van der Waals surface area contributed by atoms with Crippen molar-refractivity contribution in [2.75, 3.05) is 18.0 Å². The highest BCUT2D eigenvalue weighted by Crippen LogP contribution is 2.31. The molecule has 1 aromatic carbocycles. The predicted molar refractivity (Wildman–Crippen MR) is 92.3 cm³/mol. The molecule has 2 unspecified atom stereocenters. The zero-order valence-corrected chi connectivity index (χ0v) is 14.8. The van der Waals surface area contributed by atoms with Gasteiger partial charge in [0.05, 0.1) is 5.69 Å². The van der Waals surface area contributed by atoms with Gasteiger partial charge in [-0.05, 0) is 60.6 Å². The third-order valence-electron chi connectivity index (χ3n) is 4.20. The molecule has 4 heteroatoms. The quantitative estimate of drug-likeness (QED) is 0.772. The number of rotatable bonds is 3. The van der Waals surface area contributed by atoms with E-state index in [0.717, 1.165) is 31.0 Å². The zero-order valence-electron chi connectivity index (χ0n) is 11.8. The molecule has 1 saturated heterocycles. The molecule has 19 heavy (non-hydrogen) atoms. The Bertz CT molecular complexity index is 452. The van der Waals surface area contributed by atoms with E-state index >= 15 is 0 Å². The highest BCUT2D eigenvalue weighted by atomic mass is 127. The van der Waals surface area contributed by atoms with Crippen molar-refractivity contribution in [3.63, 3.8) is 0 Å². The number of benzene rings is 1. The fourth-order valence-electron chi connectivity index (χ4n) is 2.63. The zero-order chi connectivity index (χ0) is 14.0. The molecule has 106 valence electrons. The summed E-state index contributed by atoms with van der Waals surface area (Å²) >= 11 is 8.47. The summed E-state index contributed by atoms with van der Waals surface area (Å²) in [6, 6.07) is 6.77. The van der Waals surface area contributed by atoms with Crippen molar-refractivity contribution in [3.05, 3.63) is 26.8 Å². The topological polar surface area (TPSA) is 15.3 Å². The van der Waals surface area contributed by atoms with Crippen molar-refractivity contribution < 1.29 is 0 Å². The largest absolute Gasteiger partial charge is 0.365 e. The lowest BCUT2D eigenvalue weighted by molar-refractivity contribution is 0.276. The molecule has 1 aromatic rings. The molecular weight excluding hydrogens is 371 g/mol. The molecule has 0 saturated carbocycles. The first-order chi connectivity index (χ1) is 8.99. The van der Waals surface area contributed by atoms with Crippen LogP contribution in [-0.2, 0) is 0 Å². The van der Waals surface area contributed by atoms with E-state index in [2.05, 4.69) is 65.7 Å². The van der Waals surface area contributed by atoms with Gasteiger partial charge in [0.1, 0.15) is 0 Å². The third kappa shape index (κ3) is 3.37. The van der Waals surface area contributed by atoms with Gasteiger partial charge in [0.2, 0.25) is 0 Å². The Morgan fingerprint density at radius 2 is 2.21 bits per heavy atom. The summed E-state index contributed by atoms with van der Waals surface area (Å²) in [5.41, 5.74) is 1.52. The van der Waals surface area contributed by atoms with Gasteiger partial charge in [0.25, 0.3) is 0 Å². The van der Waals surface area contributed by atoms with Crippen LogP contribution in [-0.4, -0.2) is 24.7 Å². The van der Waals surface area contributed by atoms with Crippen LogP contribution in [0.25, 0.3) is 0 Å². The van der Waals surface area contributed by atoms with E-state index in [9.17, 15) is 0 Å². The van der Waals surface area contributed by atoms with Gasteiger partial charge in [-0.15, -0.1) is 0 Å². The molecule has 1 heterocycles. The fraction of sp³-hybridized carbons (Fsp3) is 0.600. The number of nitrogens with zero attached hydrogens (tertiary/aromatic N) is 1. The molecule has 1 aliphatic heterocycles. The minimum absolute atomic E-state index is 0.203. The van der Waals surface area contributed by atoms with E-state index in [-0.39, 0.29) is 5.54 Å². The first-order valence-electron chi connectivity index (χ1n) is 6.96. The molecule has 2 rings (SSSR count). The van der Waals surface area contributed by atoms with Gasteiger partial charge in [-0.25, -0.2) is 0 Å². The average molecular weight is 393 g/mol. The number of hydrogen-bond acceptors (Lipinski definition) is 2. The number of piperazine rings is 1. The van der Waals surface area contributed by atoms with Crippen LogP contribution in [0.15, 0.2) is 18.2 Å². The van der Waals surface area contributed by atoms with Gasteiger partial charge in [0.15, 0.2) is 0 Å². The summed E-state index contributed by atoms with van der Waals surface area (Å²) in [6.45, 7) is 8.94. The van der Waals surface area contributed by atoms with Gasteiger partial charge in [0, 0.05) is 33.3 Å². The molecule has 0 bridgehead atoms. The highest BCUT2D eigenvalue weighted by Gasteiger charge is 2.34. The number of anilines is 1. The van der Waals surface area contributed by atoms with Gasteiger partial charge >= 0.3 is 0 Å². The number of halogens is 2. The first kappa shape index (κ1) is 15.4. The van der Waals surface area contributed by atoms with Crippen LogP contribution in [0.4, 0.5) is 5.69 Å². The maximum absolute atomic E-state index is 6.07. The van der Waals surface area contributed by atoms with Gasteiger partial charge < -0.3 is 10.2 Å². The molecule has 0 spiro atoms. The van der Waals surface area contributed by atoms with Crippen LogP contribution >= 0.6 is 34.2 Å². The number of nitrogens with one attached hydrogen (secondary N) is 1. The molecule has 0 radical (unpaired) electrons. The molecule has 1 N–H and O–H groups in total. The Kier molecular flexibility index (Phi) is 5.01. The molecular formula is C15H22ClIN2. The Morgan fingerprint density at radius 1 is 1.47 bits per heavy atom. The Balaban J connectivity index is 2.32. The summed E-state index contributed by atoms with van der Waals surface area (Å²) in [6.07, 6.45) is 2.30. The summed E-state index contributed by atoms with van der Waals surface area (Å²) in [4.78, 5) is 2.55. The maximum Gasteiger partial charge on any atom is 0.0506 e. The predicted octanol–water partition coefficient (Wildman–Crippen LogP) is 4.30. The molecule has 2 nitrogen and oxygen atoms in total. The lowest BCUT2D eigenvalue weighted by Crippen LogP contribution is -2.63. The minimum atomic E-state index is 0.203. The fourth-order valence-corrected chi connectivity index (χ4v) is 3.81.